The molecule has 0 aliphatic carbocycles. The van der Waals surface area contributed by atoms with Crippen LogP contribution in [0, 0.1) is 6.92 Å². The second-order valence-electron chi connectivity index (χ2n) is 6.30. The average molecular weight is 389 g/mol. The van der Waals surface area contributed by atoms with E-state index in [0.717, 1.165) is 0 Å². The maximum absolute atomic E-state index is 11.9. The molecule has 0 fully saturated rings. The molecule has 0 amide bonds. The lowest BCUT2D eigenvalue weighted by Gasteiger charge is -2.42. The third-order valence-electron chi connectivity index (χ3n) is 4.56. The molecule has 8 nitrogen and oxygen atoms in total. The van der Waals surface area contributed by atoms with Crippen molar-refractivity contribution in [2.75, 3.05) is 5.01 Å². The van der Waals surface area contributed by atoms with Gasteiger partial charge in [-0.05, 0) is 36.1 Å². The molecule has 0 radical (unpaired) electrons. The second kappa shape index (κ2) is 7.47. The van der Waals surface area contributed by atoms with Crippen molar-refractivity contribution >= 4 is 28.9 Å². The van der Waals surface area contributed by atoms with Crippen LogP contribution in [0.1, 0.15) is 45.4 Å². The number of aliphatic carboxylic acids is 1. The van der Waals surface area contributed by atoms with E-state index in [2.05, 4.69) is 4.83 Å². The molecule has 142 valence electrons. The molecular weight excluding hydrogens is 372 g/mol. The van der Waals surface area contributed by atoms with Gasteiger partial charge in [-0.2, -0.15) is 4.83 Å². The summed E-state index contributed by atoms with van der Waals surface area (Å²) >= 11 is -2.73. The highest BCUT2D eigenvalue weighted by Crippen LogP contribution is 2.46. The van der Waals surface area contributed by atoms with Crippen LogP contribution in [0.2, 0.25) is 0 Å². The lowest BCUT2D eigenvalue weighted by atomic mass is 9.82. The standard InChI is InChI=1S/C18H18N2O6S/c1-10-7-12-13(17(21)22)9-15(11-5-3-2-4-6-11)20(19-27(25)26)16(12)14(8-10)18(23)24/h2-8,13,15,19H,9H2,1H3,(H,21,22)(H,23,24)(H,25,26)/p-1. The third kappa shape index (κ3) is 3.70. The number of carbonyl (C=O) groups is 2. The summed E-state index contributed by atoms with van der Waals surface area (Å²) in [7, 11) is 0. The van der Waals surface area contributed by atoms with E-state index >= 15 is 0 Å². The van der Waals surface area contributed by atoms with E-state index in [-0.39, 0.29) is 23.2 Å². The van der Waals surface area contributed by atoms with Crippen molar-refractivity contribution < 1.29 is 28.6 Å². The minimum Gasteiger partial charge on any atom is -0.759 e. The average Bonchev–Trinajstić information content (AvgIpc) is 2.60. The van der Waals surface area contributed by atoms with Gasteiger partial charge in [0.2, 0.25) is 0 Å². The van der Waals surface area contributed by atoms with Crippen LogP contribution in [0.4, 0.5) is 5.69 Å². The maximum atomic E-state index is 11.9. The van der Waals surface area contributed by atoms with Gasteiger partial charge in [-0.25, -0.2) is 4.79 Å². The Morgan fingerprint density at radius 2 is 1.89 bits per heavy atom. The first-order valence-electron chi connectivity index (χ1n) is 8.10. The van der Waals surface area contributed by atoms with Crippen LogP contribution < -0.4 is 9.84 Å². The molecule has 0 spiro atoms. The van der Waals surface area contributed by atoms with Crippen molar-refractivity contribution in [2.45, 2.75) is 25.3 Å². The zero-order chi connectivity index (χ0) is 19.7. The van der Waals surface area contributed by atoms with Crippen molar-refractivity contribution in [2.24, 2.45) is 0 Å². The Kier molecular flexibility index (Phi) is 5.26. The van der Waals surface area contributed by atoms with Crippen LogP contribution in [-0.4, -0.2) is 30.9 Å². The Balaban J connectivity index is 2.28. The predicted molar refractivity (Wildman–Crippen MR) is 96.8 cm³/mol. The number of hydrogen-bond donors (Lipinski definition) is 3. The van der Waals surface area contributed by atoms with Gasteiger partial charge in [0.15, 0.2) is 0 Å². The molecule has 0 saturated heterocycles. The molecule has 2 aromatic rings. The molecule has 0 aromatic heterocycles. The Hall–Kier alpha value is -2.75. The molecular formula is C18H17N2O6S-. The number of benzene rings is 2. The molecule has 2 aromatic carbocycles. The topological polar surface area (TPSA) is 130 Å². The van der Waals surface area contributed by atoms with Crippen LogP contribution in [0.5, 0.6) is 0 Å². The first-order valence-corrected chi connectivity index (χ1v) is 9.17. The van der Waals surface area contributed by atoms with Gasteiger partial charge in [-0.3, -0.25) is 14.0 Å². The molecule has 27 heavy (non-hydrogen) atoms. The third-order valence-corrected chi connectivity index (χ3v) is 4.90. The van der Waals surface area contributed by atoms with Crippen molar-refractivity contribution in [3.8, 4) is 0 Å². The minimum atomic E-state index is -2.73. The number of hydrogen-bond acceptors (Lipinski definition) is 5. The highest BCUT2D eigenvalue weighted by Gasteiger charge is 2.40. The zero-order valence-corrected chi connectivity index (χ0v) is 15.1. The SMILES string of the molecule is Cc1cc(C(=O)O)c2c(c1)C(C(=O)O)CC(c1ccccc1)N2NS(=O)[O-]. The number of rotatable bonds is 5. The van der Waals surface area contributed by atoms with Gasteiger partial charge < -0.3 is 14.8 Å². The van der Waals surface area contributed by atoms with Gasteiger partial charge >= 0.3 is 11.9 Å². The van der Waals surface area contributed by atoms with E-state index < -0.39 is 35.2 Å². The number of nitrogens with zero attached hydrogens (tertiary/aromatic N) is 1. The number of aromatic carboxylic acids is 1. The first kappa shape index (κ1) is 19.0. The number of nitrogens with one attached hydrogen (secondary N) is 1. The highest BCUT2D eigenvalue weighted by atomic mass is 32.2. The van der Waals surface area contributed by atoms with E-state index in [1.54, 1.807) is 43.3 Å². The van der Waals surface area contributed by atoms with E-state index in [1.807, 2.05) is 0 Å². The largest absolute Gasteiger partial charge is 0.759 e. The van der Waals surface area contributed by atoms with Crippen LogP contribution in [0.25, 0.3) is 0 Å². The summed E-state index contributed by atoms with van der Waals surface area (Å²) in [5.41, 5.74) is 1.41. The van der Waals surface area contributed by atoms with Crippen molar-refractivity contribution in [3.63, 3.8) is 0 Å². The predicted octanol–water partition coefficient (Wildman–Crippen LogP) is 2.11. The molecule has 0 saturated carbocycles. The summed E-state index contributed by atoms with van der Waals surface area (Å²) in [5, 5.41) is 20.6. The Morgan fingerprint density at radius 3 is 2.44 bits per heavy atom. The molecule has 1 aliphatic heterocycles. The summed E-state index contributed by atoms with van der Waals surface area (Å²) in [6, 6.07) is 11.1. The molecule has 0 bridgehead atoms. The number of anilines is 1. The monoisotopic (exact) mass is 389 g/mol. The minimum absolute atomic E-state index is 0.0461. The summed E-state index contributed by atoms with van der Waals surface area (Å²) < 4.78 is 22.8. The van der Waals surface area contributed by atoms with E-state index in [1.165, 1.54) is 11.1 Å². The fourth-order valence-corrected chi connectivity index (χ4v) is 3.88. The van der Waals surface area contributed by atoms with Crippen molar-refractivity contribution in [1.29, 1.82) is 0 Å². The molecule has 3 rings (SSSR count). The second-order valence-corrected chi connectivity index (χ2v) is 6.96. The fraction of sp³-hybridized carbons (Fsp3) is 0.222. The Bertz CT molecular complexity index is 918. The Morgan fingerprint density at radius 1 is 1.22 bits per heavy atom. The highest BCUT2D eigenvalue weighted by molar-refractivity contribution is 7.77. The van der Waals surface area contributed by atoms with E-state index in [0.29, 0.717) is 11.1 Å². The zero-order valence-electron chi connectivity index (χ0n) is 14.3. The Labute approximate surface area is 157 Å². The molecule has 1 aliphatic rings. The molecule has 1 heterocycles. The number of carboxylic acids is 2. The van der Waals surface area contributed by atoms with Crippen molar-refractivity contribution in [3.05, 3.63) is 64.7 Å². The molecule has 3 N–H and O–H groups in total. The van der Waals surface area contributed by atoms with Gasteiger partial charge in [0.25, 0.3) is 0 Å². The quantitative estimate of drug-likeness (QED) is 0.668. The summed E-state index contributed by atoms with van der Waals surface area (Å²) in [4.78, 5) is 26.0. The lowest BCUT2D eigenvalue weighted by Crippen LogP contribution is -2.47. The van der Waals surface area contributed by atoms with Gasteiger partial charge in [0, 0.05) is 11.3 Å². The van der Waals surface area contributed by atoms with Crippen LogP contribution in [-0.2, 0) is 16.1 Å². The number of fused-ring (bicyclic) bond motifs is 1. The summed E-state index contributed by atoms with van der Waals surface area (Å²) in [5.74, 6) is -3.33. The molecule has 3 unspecified atom stereocenters. The van der Waals surface area contributed by atoms with Crippen LogP contribution in [0.15, 0.2) is 42.5 Å². The summed E-state index contributed by atoms with van der Waals surface area (Å²) in [6.45, 7) is 1.67. The maximum Gasteiger partial charge on any atom is 0.337 e. The summed E-state index contributed by atoms with van der Waals surface area (Å²) in [6.07, 6.45) is 0.0824. The number of aryl methyl sites for hydroxylation is 1. The van der Waals surface area contributed by atoms with Gasteiger partial charge in [0.1, 0.15) is 0 Å². The van der Waals surface area contributed by atoms with E-state index in [9.17, 15) is 28.6 Å². The van der Waals surface area contributed by atoms with Crippen molar-refractivity contribution in [1.82, 2.24) is 4.83 Å². The number of hydrazine groups is 1. The van der Waals surface area contributed by atoms with Gasteiger partial charge in [-0.1, -0.05) is 36.4 Å². The smallest absolute Gasteiger partial charge is 0.337 e. The van der Waals surface area contributed by atoms with Gasteiger partial charge in [-0.15, -0.1) is 0 Å². The lowest BCUT2D eigenvalue weighted by molar-refractivity contribution is -0.139. The normalized spacial score (nSPS) is 20.0. The first-order chi connectivity index (χ1) is 12.8. The fourth-order valence-electron chi connectivity index (χ4n) is 3.50. The van der Waals surface area contributed by atoms with Crippen LogP contribution >= 0.6 is 0 Å². The number of carboxylic acid groups (broad SMARTS) is 2. The van der Waals surface area contributed by atoms with Crippen LogP contribution in [0.3, 0.4) is 0 Å². The van der Waals surface area contributed by atoms with E-state index in [4.69, 9.17) is 0 Å². The molecule has 3 atom stereocenters. The molecule has 9 heteroatoms. The van der Waals surface area contributed by atoms with Gasteiger partial charge in [0.05, 0.1) is 23.2 Å².